The molecule has 2 aromatic carbocycles. The first-order chi connectivity index (χ1) is 12.6. The van der Waals surface area contributed by atoms with Gasteiger partial charge in [0.15, 0.2) is 0 Å². The Kier molecular flexibility index (Phi) is 4.58. The molecule has 136 valence electrons. The first-order valence-electron chi connectivity index (χ1n) is 9.80. The zero-order valence-corrected chi connectivity index (χ0v) is 15.9. The molecule has 0 aliphatic heterocycles. The standard InChI is InChI=1S/C23H28N2O/c1-15(2)20-11-8-16(3)21-22(24-25(12-13-26)23(20)21)19-10-9-17-6-4-5-7-18(17)14-19/h4-7,9-10,14-16,20,26H,8,11-13H2,1-3H3/t16-,20+/m1/s1. The van der Waals surface area contributed by atoms with Gasteiger partial charge in [0.1, 0.15) is 0 Å². The predicted molar refractivity (Wildman–Crippen MR) is 107 cm³/mol. The number of rotatable bonds is 4. The van der Waals surface area contributed by atoms with E-state index >= 15 is 0 Å². The molecule has 0 bridgehead atoms. The molecule has 3 aromatic rings. The lowest BCUT2D eigenvalue weighted by Crippen LogP contribution is -2.21. The Bertz CT molecular complexity index is 925. The molecule has 0 saturated carbocycles. The highest BCUT2D eigenvalue weighted by Gasteiger charge is 2.34. The Hall–Kier alpha value is -2.13. The van der Waals surface area contributed by atoms with Gasteiger partial charge in [-0.2, -0.15) is 5.10 Å². The Balaban J connectivity index is 1.92. The van der Waals surface area contributed by atoms with Gasteiger partial charge in [-0.1, -0.05) is 57.2 Å². The van der Waals surface area contributed by atoms with E-state index in [-0.39, 0.29) is 6.61 Å². The molecule has 0 spiro atoms. The summed E-state index contributed by atoms with van der Waals surface area (Å²) in [5.74, 6) is 1.61. The van der Waals surface area contributed by atoms with Crippen LogP contribution >= 0.6 is 0 Å². The van der Waals surface area contributed by atoms with Crippen LogP contribution in [-0.4, -0.2) is 21.5 Å². The summed E-state index contributed by atoms with van der Waals surface area (Å²) in [6.45, 7) is 7.63. The normalized spacial score (nSPS) is 19.9. The van der Waals surface area contributed by atoms with E-state index < -0.39 is 0 Å². The van der Waals surface area contributed by atoms with Crippen molar-refractivity contribution in [2.45, 2.75) is 52.0 Å². The minimum absolute atomic E-state index is 0.129. The third kappa shape index (κ3) is 2.84. The number of hydrogen-bond acceptors (Lipinski definition) is 2. The van der Waals surface area contributed by atoms with Crippen molar-refractivity contribution in [1.82, 2.24) is 9.78 Å². The van der Waals surface area contributed by atoms with Gasteiger partial charge in [0.25, 0.3) is 0 Å². The highest BCUT2D eigenvalue weighted by atomic mass is 16.3. The number of nitrogens with zero attached hydrogens (tertiary/aromatic N) is 2. The van der Waals surface area contributed by atoms with Gasteiger partial charge < -0.3 is 5.11 Å². The van der Waals surface area contributed by atoms with E-state index in [1.165, 1.54) is 40.4 Å². The summed E-state index contributed by atoms with van der Waals surface area (Å²) in [5, 5.41) is 17.1. The van der Waals surface area contributed by atoms with Crippen LogP contribution in [0.15, 0.2) is 42.5 Å². The van der Waals surface area contributed by atoms with E-state index in [1.807, 2.05) is 0 Å². The fraction of sp³-hybridized carbons (Fsp3) is 0.435. The molecule has 2 atom stereocenters. The van der Waals surface area contributed by atoms with Crippen LogP contribution in [0, 0.1) is 5.92 Å². The molecule has 0 unspecified atom stereocenters. The molecule has 1 aliphatic carbocycles. The number of fused-ring (bicyclic) bond motifs is 2. The topological polar surface area (TPSA) is 38.0 Å². The molecule has 0 fully saturated rings. The first kappa shape index (κ1) is 17.3. The van der Waals surface area contributed by atoms with Crippen LogP contribution in [0.25, 0.3) is 22.0 Å². The lowest BCUT2D eigenvalue weighted by atomic mass is 9.75. The highest BCUT2D eigenvalue weighted by molar-refractivity contribution is 5.87. The molecule has 1 N–H and O–H groups in total. The second kappa shape index (κ2) is 6.88. The van der Waals surface area contributed by atoms with Crippen molar-refractivity contribution in [3.8, 4) is 11.3 Å². The molecule has 1 aromatic heterocycles. The summed E-state index contributed by atoms with van der Waals surface area (Å²) in [7, 11) is 0. The Morgan fingerprint density at radius 3 is 2.62 bits per heavy atom. The van der Waals surface area contributed by atoms with Crippen molar-refractivity contribution in [3.63, 3.8) is 0 Å². The smallest absolute Gasteiger partial charge is 0.0961 e. The van der Waals surface area contributed by atoms with E-state index in [0.717, 1.165) is 5.69 Å². The molecule has 3 heteroatoms. The average Bonchev–Trinajstić information content (AvgIpc) is 3.02. The van der Waals surface area contributed by atoms with Crippen LogP contribution in [0.2, 0.25) is 0 Å². The Labute approximate surface area is 155 Å². The highest BCUT2D eigenvalue weighted by Crippen LogP contribution is 2.46. The maximum atomic E-state index is 9.57. The Morgan fingerprint density at radius 1 is 1.12 bits per heavy atom. The maximum absolute atomic E-state index is 9.57. The van der Waals surface area contributed by atoms with Gasteiger partial charge in [0, 0.05) is 22.7 Å². The summed E-state index contributed by atoms with van der Waals surface area (Å²) in [5.41, 5.74) is 5.06. The summed E-state index contributed by atoms with van der Waals surface area (Å²) in [4.78, 5) is 0. The van der Waals surface area contributed by atoms with Gasteiger partial charge in [-0.05, 0) is 41.5 Å². The SMILES string of the molecule is CC(C)[C@@H]1CC[C@@H](C)c2c(-c3ccc4ccccc4c3)nn(CCO)c21. The molecule has 0 radical (unpaired) electrons. The van der Waals surface area contributed by atoms with Crippen LogP contribution in [0.3, 0.4) is 0 Å². The average molecular weight is 348 g/mol. The molecule has 1 heterocycles. The first-order valence-corrected chi connectivity index (χ1v) is 9.80. The van der Waals surface area contributed by atoms with Crippen LogP contribution < -0.4 is 0 Å². The van der Waals surface area contributed by atoms with Crippen molar-refractivity contribution in [3.05, 3.63) is 53.7 Å². The van der Waals surface area contributed by atoms with Crippen molar-refractivity contribution in [2.24, 2.45) is 5.92 Å². The second-order valence-corrected chi connectivity index (χ2v) is 7.99. The van der Waals surface area contributed by atoms with Gasteiger partial charge in [-0.15, -0.1) is 0 Å². The molecule has 0 amide bonds. The number of aliphatic hydroxyl groups is 1. The minimum atomic E-state index is 0.129. The van der Waals surface area contributed by atoms with Gasteiger partial charge in [0.2, 0.25) is 0 Å². The van der Waals surface area contributed by atoms with Gasteiger partial charge in [0.05, 0.1) is 18.8 Å². The van der Waals surface area contributed by atoms with Crippen molar-refractivity contribution in [2.75, 3.05) is 6.61 Å². The van der Waals surface area contributed by atoms with E-state index in [4.69, 9.17) is 5.10 Å². The summed E-state index contributed by atoms with van der Waals surface area (Å²) >= 11 is 0. The quantitative estimate of drug-likeness (QED) is 0.692. The van der Waals surface area contributed by atoms with Crippen molar-refractivity contribution in [1.29, 1.82) is 0 Å². The third-order valence-corrected chi connectivity index (χ3v) is 5.92. The largest absolute Gasteiger partial charge is 0.394 e. The summed E-state index contributed by atoms with van der Waals surface area (Å²) in [6, 6.07) is 15.1. The number of aromatic nitrogens is 2. The Morgan fingerprint density at radius 2 is 1.88 bits per heavy atom. The molecule has 3 nitrogen and oxygen atoms in total. The second-order valence-electron chi connectivity index (χ2n) is 7.99. The zero-order valence-electron chi connectivity index (χ0n) is 15.9. The van der Waals surface area contributed by atoms with Crippen LogP contribution in [-0.2, 0) is 6.54 Å². The van der Waals surface area contributed by atoms with E-state index in [2.05, 4.69) is 67.9 Å². The fourth-order valence-corrected chi connectivity index (χ4v) is 4.54. The van der Waals surface area contributed by atoms with E-state index in [9.17, 15) is 5.11 Å². The van der Waals surface area contributed by atoms with Crippen LogP contribution in [0.1, 0.15) is 56.7 Å². The van der Waals surface area contributed by atoms with E-state index in [1.54, 1.807) is 0 Å². The van der Waals surface area contributed by atoms with Crippen LogP contribution in [0.4, 0.5) is 0 Å². The van der Waals surface area contributed by atoms with Crippen molar-refractivity contribution < 1.29 is 5.11 Å². The van der Waals surface area contributed by atoms with Gasteiger partial charge in [-0.25, -0.2) is 0 Å². The van der Waals surface area contributed by atoms with Gasteiger partial charge >= 0.3 is 0 Å². The molecule has 4 rings (SSSR count). The summed E-state index contributed by atoms with van der Waals surface area (Å²) in [6.07, 6.45) is 2.42. The summed E-state index contributed by atoms with van der Waals surface area (Å²) < 4.78 is 2.08. The fourth-order valence-electron chi connectivity index (χ4n) is 4.54. The molecule has 26 heavy (non-hydrogen) atoms. The van der Waals surface area contributed by atoms with Crippen LogP contribution in [0.5, 0.6) is 0 Å². The van der Waals surface area contributed by atoms with Gasteiger partial charge in [-0.3, -0.25) is 4.68 Å². The number of aliphatic hydroxyl groups excluding tert-OH is 1. The molecular formula is C23H28N2O. The lowest BCUT2D eigenvalue weighted by Gasteiger charge is -2.31. The maximum Gasteiger partial charge on any atom is 0.0961 e. The van der Waals surface area contributed by atoms with Crippen molar-refractivity contribution >= 4 is 10.8 Å². The lowest BCUT2D eigenvalue weighted by molar-refractivity contribution is 0.261. The number of benzene rings is 2. The van der Waals surface area contributed by atoms with E-state index in [0.29, 0.717) is 24.3 Å². The molecule has 1 aliphatic rings. The number of hydrogen-bond donors (Lipinski definition) is 1. The molecular weight excluding hydrogens is 320 g/mol. The zero-order chi connectivity index (χ0) is 18.3. The predicted octanol–water partition coefficient (Wildman–Crippen LogP) is 5.33. The minimum Gasteiger partial charge on any atom is -0.394 e. The third-order valence-electron chi connectivity index (χ3n) is 5.92. The monoisotopic (exact) mass is 348 g/mol. The molecule has 0 saturated heterocycles.